The van der Waals surface area contributed by atoms with E-state index in [9.17, 15) is 4.79 Å². The number of rotatable bonds is 13. The molecule has 2 aromatic rings. The molecule has 0 atom stereocenters. The van der Waals surface area contributed by atoms with Gasteiger partial charge < -0.3 is 23.1 Å². The molecular formula is C23H32O6Si. The van der Waals surface area contributed by atoms with Crippen LogP contribution in [0.3, 0.4) is 0 Å². The summed E-state index contributed by atoms with van der Waals surface area (Å²) in [5.41, 5.74) is 0.474. The first-order valence-electron chi connectivity index (χ1n) is 10.2. The topological polar surface area (TPSA) is 63.2 Å². The Hall–Kier alpha value is -2.35. The van der Waals surface area contributed by atoms with Crippen molar-refractivity contribution in [2.45, 2.75) is 38.3 Å². The van der Waals surface area contributed by atoms with Gasteiger partial charge in [0.2, 0.25) is 0 Å². The Morgan fingerprint density at radius 2 is 1.33 bits per heavy atom. The van der Waals surface area contributed by atoms with Gasteiger partial charge in [-0.15, -0.1) is 0 Å². The number of ether oxygens (including phenoxy) is 3. The van der Waals surface area contributed by atoms with Gasteiger partial charge in [-0.05, 0) is 67.5 Å². The zero-order valence-corrected chi connectivity index (χ0v) is 19.3. The van der Waals surface area contributed by atoms with Gasteiger partial charge in [0, 0.05) is 14.2 Å². The summed E-state index contributed by atoms with van der Waals surface area (Å²) in [6, 6.07) is 14.9. The fourth-order valence-electron chi connectivity index (χ4n) is 2.88. The van der Waals surface area contributed by atoms with Crippen molar-refractivity contribution in [1.82, 2.24) is 0 Å². The third-order valence-electron chi connectivity index (χ3n) is 5.02. The molecule has 0 heterocycles. The number of unbranched alkanes of at least 4 members (excludes halogenated alkanes) is 3. The van der Waals surface area contributed by atoms with E-state index in [1.807, 2.05) is 0 Å². The van der Waals surface area contributed by atoms with E-state index < -0.39 is 14.5 Å². The first-order chi connectivity index (χ1) is 14.5. The van der Waals surface area contributed by atoms with Gasteiger partial charge in [0.1, 0.15) is 17.2 Å². The molecule has 0 unspecified atom stereocenters. The Morgan fingerprint density at radius 1 is 0.767 bits per heavy atom. The van der Waals surface area contributed by atoms with Gasteiger partial charge in [-0.1, -0.05) is 19.3 Å². The molecule has 0 radical (unpaired) electrons. The monoisotopic (exact) mass is 432 g/mol. The number of carbonyl (C=O) groups is 1. The summed E-state index contributed by atoms with van der Waals surface area (Å²) >= 11 is 0. The van der Waals surface area contributed by atoms with E-state index in [2.05, 4.69) is 6.55 Å². The van der Waals surface area contributed by atoms with E-state index in [0.29, 0.717) is 23.7 Å². The number of carbonyl (C=O) groups excluding carboxylic acids is 1. The summed E-state index contributed by atoms with van der Waals surface area (Å²) in [4.78, 5) is 12.2. The van der Waals surface area contributed by atoms with Crippen LogP contribution in [-0.2, 0) is 8.85 Å². The van der Waals surface area contributed by atoms with Crippen LogP contribution in [0.5, 0.6) is 17.2 Å². The van der Waals surface area contributed by atoms with Crippen LogP contribution in [0.1, 0.15) is 36.0 Å². The van der Waals surface area contributed by atoms with E-state index in [0.717, 1.165) is 37.5 Å². The lowest BCUT2D eigenvalue weighted by Gasteiger charge is -2.22. The van der Waals surface area contributed by atoms with Crippen molar-refractivity contribution in [3.63, 3.8) is 0 Å². The van der Waals surface area contributed by atoms with Crippen LogP contribution < -0.4 is 14.2 Å². The molecule has 2 rings (SSSR count). The average molecular weight is 433 g/mol. The lowest BCUT2D eigenvalue weighted by molar-refractivity contribution is 0.0734. The highest BCUT2D eigenvalue weighted by atomic mass is 28.4. The number of esters is 1. The molecule has 0 spiro atoms. The molecule has 0 aliphatic heterocycles. The van der Waals surface area contributed by atoms with Gasteiger partial charge in [0.05, 0.1) is 19.3 Å². The minimum Gasteiger partial charge on any atom is -0.497 e. The van der Waals surface area contributed by atoms with Crippen LogP contribution in [-0.4, -0.2) is 42.5 Å². The van der Waals surface area contributed by atoms with E-state index in [1.165, 1.54) is 0 Å². The second-order valence-electron chi connectivity index (χ2n) is 7.14. The Balaban J connectivity index is 1.67. The molecule has 0 saturated carbocycles. The van der Waals surface area contributed by atoms with E-state index >= 15 is 0 Å². The van der Waals surface area contributed by atoms with E-state index in [4.69, 9.17) is 23.1 Å². The number of methoxy groups -OCH3 is 1. The fourth-order valence-corrected chi connectivity index (χ4v) is 4.34. The molecule has 164 valence electrons. The first kappa shape index (κ1) is 23.9. The third kappa shape index (κ3) is 7.82. The summed E-state index contributed by atoms with van der Waals surface area (Å²) < 4.78 is 27.2. The minimum atomic E-state index is -1.94. The quantitative estimate of drug-likeness (QED) is 0.187. The molecule has 30 heavy (non-hydrogen) atoms. The average Bonchev–Trinajstić information content (AvgIpc) is 2.79. The van der Waals surface area contributed by atoms with Crippen molar-refractivity contribution in [3.8, 4) is 17.2 Å². The van der Waals surface area contributed by atoms with Crippen LogP contribution in [0.15, 0.2) is 48.5 Å². The van der Waals surface area contributed by atoms with Crippen LogP contribution in [0, 0.1) is 0 Å². The van der Waals surface area contributed by atoms with Gasteiger partial charge in [0.25, 0.3) is 0 Å². The largest absolute Gasteiger partial charge is 0.497 e. The maximum Gasteiger partial charge on any atom is 0.343 e. The molecule has 0 amide bonds. The lowest BCUT2D eigenvalue weighted by atomic mass is 10.2. The van der Waals surface area contributed by atoms with Crippen LogP contribution in [0.25, 0.3) is 0 Å². The van der Waals surface area contributed by atoms with E-state index in [1.54, 1.807) is 69.9 Å². The Kier molecular flexibility index (Phi) is 9.86. The normalized spacial score (nSPS) is 11.2. The highest BCUT2D eigenvalue weighted by Gasteiger charge is 2.27. The summed E-state index contributed by atoms with van der Waals surface area (Å²) in [5.74, 6) is 1.52. The van der Waals surface area contributed by atoms with Crippen LogP contribution >= 0.6 is 0 Å². The highest BCUT2D eigenvalue weighted by Crippen LogP contribution is 2.20. The summed E-state index contributed by atoms with van der Waals surface area (Å²) in [6.07, 6.45) is 4.33. The molecule has 0 bridgehead atoms. The van der Waals surface area contributed by atoms with Crippen LogP contribution in [0.4, 0.5) is 0 Å². The summed E-state index contributed by atoms with van der Waals surface area (Å²) in [5, 5.41) is 0. The highest BCUT2D eigenvalue weighted by molar-refractivity contribution is 6.65. The van der Waals surface area contributed by atoms with Gasteiger partial charge in [-0.3, -0.25) is 0 Å². The molecule has 2 aromatic carbocycles. The van der Waals surface area contributed by atoms with Crippen LogP contribution in [0.2, 0.25) is 12.6 Å². The smallest absolute Gasteiger partial charge is 0.343 e. The Morgan fingerprint density at radius 3 is 1.93 bits per heavy atom. The summed E-state index contributed by atoms with van der Waals surface area (Å²) in [7, 11) is 3.11. The van der Waals surface area contributed by atoms with Crippen molar-refractivity contribution in [1.29, 1.82) is 0 Å². The maximum absolute atomic E-state index is 12.2. The van der Waals surface area contributed by atoms with Gasteiger partial charge in [-0.2, -0.15) is 0 Å². The molecule has 6 nitrogen and oxygen atoms in total. The minimum absolute atomic E-state index is 0.408. The molecule has 0 saturated heterocycles. The van der Waals surface area contributed by atoms with Crippen molar-refractivity contribution in [2.75, 3.05) is 27.9 Å². The number of hydrogen-bond donors (Lipinski definition) is 0. The second-order valence-corrected chi connectivity index (χ2v) is 10.7. The van der Waals surface area contributed by atoms with Crippen molar-refractivity contribution in [3.05, 3.63) is 54.1 Å². The Bertz CT molecular complexity index is 756. The summed E-state index contributed by atoms with van der Waals surface area (Å²) in [6.45, 7) is 2.74. The van der Waals surface area contributed by atoms with Crippen molar-refractivity contribution in [2.24, 2.45) is 0 Å². The zero-order valence-electron chi connectivity index (χ0n) is 18.3. The predicted octanol–water partition coefficient (Wildman–Crippen LogP) is 5.22. The van der Waals surface area contributed by atoms with Gasteiger partial charge in [-0.25, -0.2) is 4.79 Å². The number of hydrogen-bond acceptors (Lipinski definition) is 6. The standard InChI is InChI=1S/C23H32O6Si/c1-25-20-13-15-22(16-14-20)29-23(24)19-9-11-21(12-10-19)28-17-7-5-6-8-18-30(4,26-2)27-3/h9-16H,5-8,17-18H2,1-4H3. The molecule has 0 N–H and O–H groups in total. The predicted molar refractivity (Wildman–Crippen MR) is 119 cm³/mol. The van der Waals surface area contributed by atoms with Crippen molar-refractivity contribution >= 4 is 14.5 Å². The molecule has 0 aliphatic carbocycles. The second kappa shape index (κ2) is 12.4. The molecule has 0 aromatic heterocycles. The van der Waals surface area contributed by atoms with Gasteiger partial charge >= 0.3 is 14.5 Å². The zero-order chi connectivity index (χ0) is 21.8. The van der Waals surface area contributed by atoms with Crippen molar-refractivity contribution < 1.29 is 27.9 Å². The molecule has 0 aliphatic rings. The number of benzene rings is 2. The van der Waals surface area contributed by atoms with E-state index in [-0.39, 0.29) is 0 Å². The maximum atomic E-state index is 12.2. The molecular weight excluding hydrogens is 400 g/mol. The molecule has 0 fully saturated rings. The van der Waals surface area contributed by atoms with Gasteiger partial charge in [0.15, 0.2) is 0 Å². The Labute approximate surface area is 180 Å². The third-order valence-corrected chi connectivity index (χ3v) is 8.01. The lowest BCUT2D eigenvalue weighted by Crippen LogP contribution is -2.35. The fraction of sp³-hybridized carbons (Fsp3) is 0.435. The SMILES string of the molecule is COc1ccc(OC(=O)c2ccc(OCCCCCC[Si](C)(OC)OC)cc2)cc1. The first-order valence-corrected chi connectivity index (χ1v) is 12.7. The molecule has 7 heteroatoms.